The third kappa shape index (κ3) is 3.73. The van der Waals surface area contributed by atoms with Crippen LogP contribution < -0.4 is 15.8 Å². The standard InChI is InChI=1S/C17H22N4O3/c1-4-7-12-15(16(17(18)23)21(2)20-12)19-14(22)10-11-8-5-6-9-13(11)24-3/h5-6,8-9H,4,7,10H2,1-3H3,(H2,18,23)(H,19,22). The second-order valence-electron chi connectivity index (χ2n) is 5.44. The molecule has 7 nitrogen and oxygen atoms in total. The minimum atomic E-state index is -0.625. The number of nitrogens with one attached hydrogen (secondary N) is 1. The summed E-state index contributed by atoms with van der Waals surface area (Å²) >= 11 is 0. The smallest absolute Gasteiger partial charge is 0.269 e. The van der Waals surface area contributed by atoms with Crippen LogP contribution >= 0.6 is 0 Å². The van der Waals surface area contributed by atoms with E-state index in [1.54, 1.807) is 20.2 Å². The summed E-state index contributed by atoms with van der Waals surface area (Å²) in [6, 6.07) is 7.30. The van der Waals surface area contributed by atoms with Gasteiger partial charge >= 0.3 is 0 Å². The van der Waals surface area contributed by atoms with Crippen molar-refractivity contribution < 1.29 is 14.3 Å². The third-order valence-electron chi connectivity index (χ3n) is 3.65. The summed E-state index contributed by atoms with van der Waals surface area (Å²) in [4.78, 5) is 24.1. The van der Waals surface area contributed by atoms with Gasteiger partial charge in [0.2, 0.25) is 5.91 Å². The van der Waals surface area contributed by atoms with E-state index < -0.39 is 5.91 Å². The largest absolute Gasteiger partial charge is 0.496 e. The molecule has 2 rings (SSSR count). The molecule has 0 bridgehead atoms. The Labute approximate surface area is 140 Å². The van der Waals surface area contributed by atoms with Crippen molar-refractivity contribution in [2.75, 3.05) is 12.4 Å². The van der Waals surface area contributed by atoms with Gasteiger partial charge in [0.15, 0.2) is 0 Å². The van der Waals surface area contributed by atoms with E-state index in [4.69, 9.17) is 10.5 Å². The van der Waals surface area contributed by atoms with Crippen molar-refractivity contribution in [3.63, 3.8) is 0 Å². The highest BCUT2D eigenvalue weighted by Crippen LogP contribution is 2.23. The minimum Gasteiger partial charge on any atom is -0.496 e. The maximum Gasteiger partial charge on any atom is 0.269 e. The molecule has 0 aliphatic rings. The van der Waals surface area contributed by atoms with E-state index in [0.717, 1.165) is 12.0 Å². The molecule has 0 unspecified atom stereocenters. The van der Waals surface area contributed by atoms with Gasteiger partial charge in [0, 0.05) is 12.6 Å². The number of anilines is 1. The van der Waals surface area contributed by atoms with Crippen LogP contribution in [0.25, 0.3) is 0 Å². The number of nitrogens with zero attached hydrogens (tertiary/aromatic N) is 2. The number of nitrogens with two attached hydrogens (primary N) is 1. The van der Waals surface area contributed by atoms with Crippen LogP contribution in [-0.4, -0.2) is 28.7 Å². The number of rotatable bonds is 7. The molecule has 0 radical (unpaired) electrons. The number of methoxy groups -OCH3 is 1. The molecule has 0 saturated heterocycles. The number of hydrogen-bond donors (Lipinski definition) is 2. The van der Waals surface area contributed by atoms with E-state index >= 15 is 0 Å². The van der Waals surface area contributed by atoms with Crippen molar-refractivity contribution >= 4 is 17.5 Å². The maximum absolute atomic E-state index is 12.4. The number of ether oxygens (including phenoxy) is 1. The van der Waals surface area contributed by atoms with Crippen molar-refractivity contribution in [3.8, 4) is 5.75 Å². The molecule has 0 atom stereocenters. The molecule has 0 saturated carbocycles. The Morgan fingerprint density at radius 1 is 1.33 bits per heavy atom. The van der Waals surface area contributed by atoms with Crippen LogP contribution in [0.4, 0.5) is 5.69 Å². The van der Waals surface area contributed by atoms with Gasteiger partial charge in [0.05, 0.1) is 24.9 Å². The Morgan fingerprint density at radius 2 is 2.04 bits per heavy atom. The summed E-state index contributed by atoms with van der Waals surface area (Å²) < 4.78 is 6.66. The van der Waals surface area contributed by atoms with Crippen molar-refractivity contribution in [3.05, 3.63) is 41.2 Å². The first-order chi connectivity index (χ1) is 11.5. The van der Waals surface area contributed by atoms with Gasteiger partial charge in [-0.3, -0.25) is 14.3 Å². The number of benzene rings is 1. The fourth-order valence-corrected chi connectivity index (χ4v) is 2.61. The Hall–Kier alpha value is -2.83. The second kappa shape index (κ2) is 7.63. The molecule has 1 aromatic heterocycles. The molecule has 1 aromatic carbocycles. The second-order valence-corrected chi connectivity index (χ2v) is 5.44. The number of hydrogen-bond acceptors (Lipinski definition) is 4. The van der Waals surface area contributed by atoms with Crippen LogP contribution in [0.3, 0.4) is 0 Å². The van der Waals surface area contributed by atoms with Gasteiger partial charge in [-0.25, -0.2) is 0 Å². The van der Waals surface area contributed by atoms with E-state index in [-0.39, 0.29) is 18.0 Å². The van der Waals surface area contributed by atoms with Crippen LogP contribution in [0, 0.1) is 0 Å². The van der Waals surface area contributed by atoms with Crippen molar-refractivity contribution in [1.82, 2.24) is 9.78 Å². The Kier molecular flexibility index (Phi) is 5.57. The molecule has 2 aromatic rings. The Bertz CT molecular complexity index is 752. The highest BCUT2D eigenvalue weighted by Gasteiger charge is 2.22. The lowest BCUT2D eigenvalue weighted by atomic mass is 10.1. The first-order valence-electron chi connectivity index (χ1n) is 7.75. The van der Waals surface area contributed by atoms with Crippen molar-refractivity contribution in [1.29, 1.82) is 0 Å². The molecule has 3 N–H and O–H groups in total. The van der Waals surface area contributed by atoms with Gasteiger partial charge in [-0.2, -0.15) is 5.10 Å². The number of primary amides is 1. The van der Waals surface area contributed by atoms with E-state index in [1.807, 2.05) is 25.1 Å². The lowest BCUT2D eigenvalue weighted by Gasteiger charge is -2.10. The van der Waals surface area contributed by atoms with E-state index in [2.05, 4.69) is 10.4 Å². The van der Waals surface area contributed by atoms with E-state index in [0.29, 0.717) is 23.6 Å². The van der Waals surface area contributed by atoms with Crippen LogP contribution in [-0.2, 0) is 24.7 Å². The zero-order valence-electron chi connectivity index (χ0n) is 14.1. The molecule has 24 heavy (non-hydrogen) atoms. The molecule has 0 aliphatic carbocycles. The topological polar surface area (TPSA) is 99.2 Å². The highest BCUT2D eigenvalue weighted by molar-refractivity contribution is 6.03. The zero-order chi connectivity index (χ0) is 17.7. The third-order valence-corrected chi connectivity index (χ3v) is 3.65. The number of aryl methyl sites for hydroxylation is 2. The maximum atomic E-state index is 12.4. The van der Waals surface area contributed by atoms with Crippen LogP contribution in [0.15, 0.2) is 24.3 Å². The molecular weight excluding hydrogens is 308 g/mol. The fourth-order valence-electron chi connectivity index (χ4n) is 2.61. The summed E-state index contributed by atoms with van der Waals surface area (Å²) in [5, 5.41) is 7.08. The molecule has 1 heterocycles. The quantitative estimate of drug-likeness (QED) is 0.806. The monoisotopic (exact) mass is 330 g/mol. The van der Waals surface area contributed by atoms with Gasteiger partial charge in [-0.15, -0.1) is 0 Å². The molecule has 128 valence electrons. The summed E-state index contributed by atoms with van der Waals surface area (Å²) in [7, 11) is 3.19. The predicted octanol–water partition coefficient (Wildman–Crippen LogP) is 1.66. The summed E-state index contributed by atoms with van der Waals surface area (Å²) in [5.41, 5.74) is 7.44. The molecule has 7 heteroatoms. The first-order valence-corrected chi connectivity index (χ1v) is 7.75. The number of para-hydroxylation sites is 1. The van der Waals surface area contributed by atoms with E-state index in [1.165, 1.54) is 4.68 Å². The molecule has 0 spiro atoms. The van der Waals surface area contributed by atoms with Crippen LogP contribution in [0.2, 0.25) is 0 Å². The molecular formula is C17H22N4O3. The lowest BCUT2D eigenvalue weighted by Crippen LogP contribution is -2.21. The summed E-state index contributed by atoms with van der Waals surface area (Å²) in [6.45, 7) is 2.00. The SMILES string of the molecule is CCCc1nn(C)c(C(N)=O)c1NC(=O)Cc1ccccc1OC. The number of amides is 2. The average molecular weight is 330 g/mol. The fraction of sp³-hybridized carbons (Fsp3) is 0.353. The normalized spacial score (nSPS) is 10.5. The zero-order valence-corrected chi connectivity index (χ0v) is 14.1. The number of carbonyl (C=O) groups excluding carboxylic acids is 2. The van der Waals surface area contributed by atoms with Crippen molar-refractivity contribution in [2.24, 2.45) is 12.8 Å². The van der Waals surface area contributed by atoms with Crippen LogP contribution in [0.1, 0.15) is 35.1 Å². The van der Waals surface area contributed by atoms with Gasteiger partial charge in [0.25, 0.3) is 5.91 Å². The highest BCUT2D eigenvalue weighted by atomic mass is 16.5. The Morgan fingerprint density at radius 3 is 2.67 bits per heavy atom. The molecule has 0 aliphatic heterocycles. The lowest BCUT2D eigenvalue weighted by molar-refractivity contribution is -0.115. The number of carbonyl (C=O) groups is 2. The predicted molar refractivity (Wildman–Crippen MR) is 91.0 cm³/mol. The van der Waals surface area contributed by atoms with Gasteiger partial charge < -0.3 is 15.8 Å². The Balaban J connectivity index is 2.26. The van der Waals surface area contributed by atoms with Gasteiger partial charge in [-0.1, -0.05) is 31.5 Å². The first kappa shape index (κ1) is 17.5. The van der Waals surface area contributed by atoms with Gasteiger partial charge in [-0.05, 0) is 12.5 Å². The molecule has 0 fully saturated rings. The average Bonchev–Trinajstić information content (AvgIpc) is 2.83. The van der Waals surface area contributed by atoms with Gasteiger partial charge in [0.1, 0.15) is 11.4 Å². The minimum absolute atomic E-state index is 0.128. The number of aromatic nitrogens is 2. The summed E-state index contributed by atoms with van der Waals surface area (Å²) in [6.07, 6.45) is 1.61. The van der Waals surface area contributed by atoms with E-state index in [9.17, 15) is 9.59 Å². The molecule has 2 amide bonds. The van der Waals surface area contributed by atoms with Crippen LogP contribution in [0.5, 0.6) is 5.75 Å². The van der Waals surface area contributed by atoms with Crippen molar-refractivity contribution in [2.45, 2.75) is 26.2 Å². The summed E-state index contributed by atoms with van der Waals surface area (Å²) in [5.74, 6) is -0.241.